The van der Waals surface area contributed by atoms with Crippen molar-refractivity contribution in [2.24, 2.45) is 0 Å². The standard InChI is InChI=1S/C15H11N5O5/c1-24-11-4-7(20(22)23)3-8(13(11)25-2)12-9(5-16)14(18)19-15(21)10(12)6-17/h3-4H,1-2H3,(H3,18,19,21). The third-order valence-corrected chi connectivity index (χ3v) is 3.41. The highest BCUT2D eigenvalue weighted by Crippen LogP contribution is 2.43. The number of hydrogen-bond acceptors (Lipinski definition) is 8. The number of nitrogens with two attached hydrogens (primary N) is 1. The smallest absolute Gasteiger partial charge is 0.274 e. The molecule has 0 saturated heterocycles. The normalized spacial score (nSPS) is 9.76. The number of aromatic nitrogens is 1. The number of pyridine rings is 1. The number of nitrogen functional groups attached to an aromatic ring is 1. The molecule has 0 aliphatic heterocycles. The third-order valence-electron chi connectivity index (χ3n) is 3.41. The van der Waals surface area contributed by atoms with Gasteiger partial charge in [-0.05, 0) is 0 Å². The maximum absolute atomic E-state index is 12.0. The number of nitro groups is 1. The van der Waals surface area contributed by atoms with Gasteiger partial charge in [-0.3, -0.25) is 14.9 Å². The van der Waals surface area contributed by atoms with Gasteiger partial charge in [-0.2, -0.15) is 10.5 Å². The van der Waals surface area contributed by atoms with Crippen molar-refractivity contribution in [3.63, 3.8) is 0 Å². The number of rotatable bonds is 4. The van der Waals surface area contributed by atoms with Gasteiger partial charge in [0.25, 0.3) is 11.2 Å². The number of non-ortho nitro benzene ring substituents is 1. The molecule has 0 amide bonds. The molecule has 1 heterocycles. The number of H-pyrrole nitrogens is 1. The largest absolute Gasteiger partial charge is 0.493 e. The first-order chi connectivity index (χ1) is 11.9. The van der Waals surface area contributed by atoms with Crippen molar-refractivity contribution in [3.05, 3.63) is 43.7 Å². The summed E-state index contributed by atoms with van der Waals surface area (Å²) in [6.45, 7) is 0. The van der Waals surface area contributed by atoms with E-state index in [1.807, 2.05) is 0 Å². The van der Waals surface area contributed by atoms with Crippen molar-refractivity contribution >= 4 is 11.5 Å². The number of anilines is 1. The van der Waals surface area contributed by atoms with Crippen molar-refractivity contribution in [2.75, 3.05) is 20.0 Å². The van der Waals surface area contributed by atoms with Crippen LogP contribution in [0.15, 0.2) is 16.9 Å². The van der Waals surface area contributed by atoms with Crippen molar-refractivity contribution < 1.29 is 14.4 Å². The summed E-state index contributed by atoms with van der Waals surface area (Å²) < 4.78 is 10.3. The van der Waals surface area contributed by atoms with E-state index in [-0.39, 0.29) is 39.7 Å². The number of nitrogens with one attached hydrogen (secondary N) is 1. The minimum Gasteiger partial charge on any atom is -0.493 e. The maximum atomic E-state index is 12.0. The van der Waals surface area contributed by atoms with E-state index in [1.54, 1.807) is 12.1 Å². The second kappa shape index (κ2) is 6.60. The molecule has 1 aromatic heterocycles. The van der Waals surface area contributed by atoms with Crippen LogP contribution >= 0.6 is 0 Å². The molecular weight excluding hydrogens is 330 g/mol. The lowest BCUT2D eigenvalue weighted by molar-refractivity contribution is -0.384. The summed E-state index contributed by atoms with van der Waals surface area (Å²) >= 11 is 0. The number of benzene rings is 1. The number of nitrogens with zero attached hydrogens (tertiary/aromatic N) is 3. The molecule has 0 bridgehead atoms. The zero-order valence-corrected chi connectivity index (χ0v) is 13.1. The van der Waals surface area contributed by atoms with E-state index in [0.29, 0.717) is 0 Å². The fraction of sp³-hybridized carbons (Fsp3) is 0.133. The van der Waals surface area contributed by atoms with Crippen LogP contribution in [0.1, 0.15) is 11.1 Å². The second-order valence-electron chi connectivity index (χ2n) is 4.70. The van der Waals surface area contributed by atoms with Gasteiger partial charge in [-0.15, -0.1) is 0 Å². The Morgan fingerprint density at radius 1 is 1.20 bits per heavy atom. The van der Waals surface area contributed by atoms with Crippen molar-refractivity contribution in [1.82, 2.24) is 4.98 Å². The average Bonchev–Trinajstić information content (AvgIpc) is 2.59. The van der Waals surface area contributed by atoms with Gasteiger partial charge in [-0.1, -0.05) is 0 Å². The van der Waals surface area contributed by atoms with Gasteiger partial charge < -0.3 is 20.2 Å². The average molecular weight is 341 g/mol. The molecule has 0 atom stereocenters. The molecule has 10 heteroatoms. The summed E-state index contributed by atoms with van der Waals surface area (Å²) in [6.07, 6.45) is 0. The highest BCUT2D eigenvalue weighted by atomic mass is 16.6. The van der Waals surface area contributed by atoms with E-state index in [9.17, 15) is 25.4 Å². The number of methoxy groups -OCH3 is 2. The third kappa shape index (κ3) is 2.80. The molecule has 25 heavy (non-hydrogen) atoms. The van der Waals surface area contributed by atoms with Crippen molar-refractivity contribution in [3.8, 4) is 34.8 Å². The highest BCUT2D eigenvalue weighted by molar-refractivity contribution is 5.86. The van der Waals surface area contributed by atoms with Crippen LogP contribution < -0.4 is 20.8 Å². The van der Waals surface area contributed by atoms with Crippen LogP contribution in [0.3, 0.4) is 0 Å². The van der Waals surface area contributed by atoms with Crippen LogP contribution in [0.25, 0.3) is 11.1 Å². The topological polar surface area (TPSA) is 168 Å². The molecule has 10 nitrogen and oxygen atoms in total. The molecule has 0 unspecified atom stereocenters. The Kier molecular flexibility index (Phi) is 4.57. The zero-order valence-electron chi connectivity index (χ0n) is 13.1. The molecule has 0 aliphatic carbocycles. The molecular formula is C15H11N5O5. The van der Waals surface area contributed by atoms with Gasteiger partial charge in [0, 0.05) is 17.2 Å². The summed E-state index contributed by atoms with van der Waals surface area (Å²) in [4.78, 5) is 24.7. The first-order valence-electron chi connectivity index (χ1n) is 6.66. The summed E-state index contributed by atoms with van der Waals surface area (Å²) in [5.74, 6) is -0.251. The first-order valence-corrected chi connectivity index (χ1v) is 6.66. The predicted octanol–water partition coefficient (Wildman–Crippen LogP) is 1.29. The minimum absolute atomic E-state index is 0.00154. The minimum atomic E-state index is -0.832. The lowest BCUT2D eigenvalue weighted by Gasteiger charge is -2.15. The van der Waals surface area contributed by atoms with Crippen LogP contribution in [-0.4, -0.2) is 24.1 Å². The van der Waals surface area contributed by atoms with Crippen LogP contribution in [0.5, 0.6) is 11.5 Å². The molecule has 2 aromatic rings. The van der Waals surface area contributed by atoms with E-state index in [0.717, 1.165) is 12.1 Å². The Morgan fingerprint density at radius 3 is 2.32 bits per heavy atom. The molecule has 126 valence electrons. The Balaban J connectivity index is 3.09. The molecule has 0 fully saturated rings. The quantitative estimate of drug-likeness (QED) is 0.619. The molecule has 3 N–H and O–H groups in total. The Labute approximate surface area is 140 Å². The van der Waals surface area contributed by atoms with E-state index in [2.05, 4.69) is 4.98 Å². The van der Waals surface area contributed by atoms with Gasteiger partial charge in [0.1, 0.15) is 29.1 Å². The number of aromatic amines is 1. The summed E-state index contributed by atoms with van der Waals surface area (Å²) in [5, 5.41) is 29.9. The van der Waals surface area contributed by atoms with Crippen LogP contribution in [0, 0.1) is 32.8 Å². The van der Waals surface area contributed by atoms with Gasteiger partial charge in [0.05, 0.1) is 25.2 Å². The molecule has 0 saturated carbocycles. The van der Waals surface area contributed by atoms with E-state index < -0.39 is 16.0 Å². The fourth-order valence-corrected chi connectivity index (χ4v) is 2.35. The first kappa shape index (κ1) is 17.3. The molecule has 0 radical (unpaired) electrons. The van der Waals surface area contributed by atoms with Crippen molar-refractivity contribution in [2.45, 2.75) is 0 Å². The number of nitro benzene ring substituents is 1. The lowest BCUT2D eigenvalue weighted by Crippen LogP contribution is -2.16. The van der Waals surface area contributed by atoms with E-state index in [4.69, 9.17) is 15.2 Å². The Hall–Kier alpha value is -4.05. The number of nitriles is 2. The van der Waals surface area contributed by atoms with E-state index in [1.165, 1.54) is 14.2 Å². The fourth-order valence-electron chi connectivity index (χ4n) is 2.35. The highest BCUT2D eigenvalue weighted by Gasteiger charge is 2.26. The SMILES string of the molecule is COc1cc([N+](=O)[O-])cc(-c2c(C#N)c(N)[nH]c(=O)c2C#N)c1OC. The summed E-state index contributed by atoms with van der Waals surface area (Å²) in [5.41, 5.74) is 3.63. The predicted molar refractivity (Wildman–Crippen MR) is 86.1 cm³/mol. The summed E-state index contributed by atoms with van der Waals surface area (Å²) in [7, 11) is 2.55. The number of hydrogen-bond donors (Lipinski definition) is 2. The van der Waals surface area contributed by atoms with Gasteiger partial charge in [0.15, 0.2) is 11.5 Å². The van der Waals surface area contributed by atoms with Crippen LogP contribution in [-0.2, 0) is 0 Å². The molecule has 2 rings (SSSR count). The monoisotopic (exact) mass is 341 g/mol. The number of ether oxygens (including phenoxy) is 2. The Morgan fingerprint density at radius 2 is 1.84 bits per heavy atom. The lowest BCUT2D eigenvalue weighted by atomic mass is 9.95. The van der Waals surface area contributed by atoms with Gasteiger partial charge in [0.2, 0.25) is 0 Å². The van der Waals surface area contributed by atoms with Gasteiger partial charge >= 0.3 is 0 Å². The zero-order chi connectivity index (χ0) is 18.7. The van der Waals surface area contributed by atoms with E-state index >= 15 is 0 Å². The van der Waals surface area contributed by atoms with Crippen molar-refractivity contribution in [1.29, 1.82) is 10.5 Å². The Bertz CT molecular complexity index is 1010. The summed E-state index contributed by atoms with van der Waals surface area (Å²) in [6, 6.07) is 5.68. The van der Waals surface area contributed by atoms with Crippen LogP contribution in [0.2, 0.25) is 0 Å². The molecule has 1 aromatic carbocycles. The van der Waals surface area contributed by atoms with Crippen LogP contribution in [0.4, 0.5) is 11.5 Å². The maximum Gasteiger partial charge on any atom is 0.274 e. The van der Waals surface area contributed by atoms with Gasteiger partial charge in [-0.25, -0.2) is 0 Å². The molecule has 0 spiro atoms. The molecule has 0 aliphatic rings. The second-order valence-corrected chi connectivity index (χ2v) is 4.70.